The number of nitrogens with zero attached hydrogens (tertiary/aromatic N) is 1. The monoisotopic (exact) mass is 413 g/mol. The average Bonchev–Trinajstić information content (AvgIpc) is 2.81. The molecule has 0 bridgehead atoms. The zero-order chi connectivity index (χ0) is 21.6. The number of nitrogens with one attached hydrogen (secondary N) is 2. The molecule has 31 heavy (non-hydrogen) atoms. The molecule has 0 radical (unpaired) electrons. The smallest absolute Gasteiger partial charge is 0.254 e. The fraction of sp³-hybridized carbons (Fsp3) is 0.0800. The van der Waals surface area contributed by atoms with Crippen molar-refractivity contribution in [2.45, 2.75) is 0 Å². The van der Waals surface area contributed by atoms with E-state index in [1.807, 2.05) is 54.6 Å². The van der Waals surface area contributed by atoms with Crippen LogP contribution in [0.1, 0.15) is 20.7 Å². The maximum Gasteiger partial charge on any atom is 0.254 e. The minimum atomic E-state index is -0.583. The zero-order valence-corrected chi connectivity index (χ0v) is 16.6. The topological polar surface area (TPSA) is 71.1 Å². The highest BCUT2D eigenvalue weighted by Crippen LogP contribution is 2.24. The average molecular weight is 413 g/mol. The van der Waals surface area contributed by atoms with E-state index in [-0.39, 0.29) is 24.6 Å². The van der Waals surface area contributed by atoms with Crippen LogP contribution in [0.3, 0.4) is 0 Å². The van der Waals surface area contributed by atoms with E-state index in [0.29, 0.717) is 11.3 Å². The lowest BCUT2D eigenvalue weighted by atomic mass is 10.0. The van der Waals surface area contributed by atoms with Crippen LogP contribution in [0.25, 0.3) is 22.2 Å². The van der Waals surface area contributed by atoms with Gasteiger partial charge in [0.15, 0.2) is 0 Å². The molecule has 5 nitrogen and oxygen atoms in total. The summed E-state index contributed by atoms with van der Waals surface area (Å²) in [5.74, 6) is -1.37. The van der Waals surface area contributed by atoms with E-state index in [4.69, 9.17) is 0 Å². The molecule has 0 spiro atoms. The minimum Gasteiger partial charge on any atom is -0.350 e. The molecule has 3 aromatic carbocycles. The van der Waals surface area contributed by atoms with E-state index in [1.54, 1.807) is 12.1 Å². The van der Waals surface area contributed by atoms with Crippen LogP contribution in [0.5, 0.6) is 0 Å². The number of pyridine rings is 1. The van der Waals surface area contributed by atoms with E-state index in [1.165, 1.54) is 18.2 Å². The summed E-state index contributed by atoms with van der Waals surface area (Å²) < 4.78 is 13.7. The molecule has 0 aliphatic heterocycles. The highest BCUT2D eigenvalue weighted by atomic mass is 19.1. The Bertz CT molecular complexity index is 1240. The first-order valence-corrected chi connectivity index (χ1v) is 9.89. The minimum absolute atomic E-state index is 0.0264. The van der Waals surface area contributed by atoms with Crippen molar-refractivity contribution in [3.05, 3.63) is 102 Å². The number of carbonyl (C=O) groups excluding carboxylic acids is 2. The van der Waals surface area contributed by atoms with Crippen molar-refractivity contribution in [3.8, 4) is 11.3 Å². The third kappa shape index (κ3) is 4.59. The summed E-state index contributed by atoms with van der Waals surface area (Å²) in [4.78, 5) is 29.7. The molecule has 0 unspecified atom stereocenters. The molecule has 4 rings (SSSR count). The second-order valence-electron chi connectivity index (χ2n) is 6.93. The fourth-order valence-electron chi connectivity index (χ4n) is 3.31. The SMILES string of the molecule is O=C(NCCNC(=O)c1cc(-c2ccccc2)nc2ccccc12)c1ccccc1F. The number of aromatic nitrogens is 1. The second kappa shape index (κ2) is 9.17. The van der Waals surface area contributed by atoms with Gasteiger partial charge in [0, 0.05) is 24.0 Å². The maximum atomic E-state index is 13.7. The Kier molecular flexibility index (Phi) is 5.98. The van der Waals surface area contributed by atoms with Crippen molar-refractivity contribution < 1.29 is 14.0 Å². The van der Waals surface area contributed by atoms with E-state index in [9.17, 15) is 14.0 Å². The van der Waals surface area contributed by atoms with E-state index in [0.717, 1.165) is 16.5 Å². The van der Waals surface area contributed by atoms with Crippen molar-refractivity contribution in [1.82, 2.24) is 15.6 Å². The zero-order valence-electron chi connectivity index (χ0n) is 16.6. The van der Waals surface area contributed by atoms with Gasteiger partial charge in [-0.3, -0.25) is 9.59 Å². The number of hydrogen-bond acceptors (Lipinski definition) is 3. The summed E-state index contributed by atoms with van der Waals surface area (Å²) in [5, 5.41) is 6.18. The lowest BCUT2D eigenvalue weighted by molar-refractivity contribution is 0.0926. The first-order chi connectivity index (χ1) is 15.1. The van der Waals surface area contributed by atoms with Gasteiger partial charge in [-0.2, -0.15) is 0 Å². The van der Waals surface area contributed by atoms with Gasteiger partial charge in [-0.1, -0.05) is 60.7 Å². The van der Waals surface area contributed by atoms with Crippen molar-refractivity contribution in [3.63, 3.8) is 0 Å². The normalized spacial score (nSPS) is 10.6. The lowest BCUT2D eigenvalue weighted by Gasteiger charge is -2.11. The van der Waals surface area contributed by atoms with E-state index < -0.39 is 11.7 Å². The second-order valence-corrected chi connectivity index (χ2v) is 6.93. The molecule has 0 saturated carbocycles. The van der Waals surface area contributed by atoms with Crippen LogP contribution in [-0.2, 0) is 0 Å². The van der Waals surface area contributed by atoms with Gasteiger partial charge in [0.25, 0.3) is 11.8 Å². The molecule has 2 amide bonds. The van der Waals surface area contributed by atoms with Crippen LogP contribution < -0.4 is 10.6 Å². The van der Waals surface area contributed by atoms with Crippen molar-refractivity contribution in [2.75, 3.05) is 13.1 Å². The molecular weight excluding hydrogens is 393 g/mol. The summed E-state index contributed by atoms with van der Waals surface area (Å²) in [6.07, 6.45) is 0. The van der Waals surface area contributed by atoms with Gasteiger partial charge in [-0.05, 0) is 24.3 Å². The van der Waals surface area contributed by atoms with Crippen LogP contribution in [0, 0.1) is 5.82 Å². The Morgan fingerprint density at radius 1 is 0.742 bits per heavy atom. The first kappa shape index (κ1) is 20.2. The molecule has 0 aliphatic rings. The number of carbonyl (C=O) groups is 2. The van der Waals surface area contributed by atoms with E-state index >= 15 is 0 Å². The van der Waals surface area contributed by atoms with Crippen molar-refractivity contribution >= 4 is 22.7 Å². The molecule has 0 atom stereocenters. The maximum absolute atomic E-state index is 13.7. The summed E-state index contributed by atoms with van der Waals surface area (Å²) in [5.41, 5.74) is 2.82. The predicted molar refractivity (Wildman–Crippen MR) is 118 cm³/mol. The van der Waals surface area contributed by atoms with Gasteiger partial charge in [0.1, 0.15) is 5.82 Å². The highest BCUT2D eigenvalue weighted by Gasteiger charge is 2.14. The third-order valence-electron chi connectivity index (χ3n) is 4.84. The fourth-order valence-corrected chi connectivity index (χ4v) is 3.31. The standard InChI is InChI=1S/C25H20FN3O2/c26-21-12-6-4-11-19(21)24(30)27-14-15-28-25(31)20-16-23(17-8-2-1-3-9-17)29-22-13-7-5-10-18(20)22/h1-13,16H,14-15H2,(H,27,30)(H,28,31). The Balaban J connectivity index is 1.47. The molecule has 1 heterocycles. The molecule has 1 aromatic heterocycles. The molecule has 0 fully saturated rings. The van der Waals surface area contributed by atoms with Gasteiger partial charge >= 0.3 is 0 Å². The Morgan fingerprint density at radius 2 is 1.35 bits per heavy atom. The highest BCUT2D eigenvalue weighted by molar-refractivity contribution is 6.07. The van der Waals surface area contributed by atoms with E-state index in [2.05, 4.69) is 15.6 Å². The molecule has 2 N–H and O–H groups in total. The molecule has 0 aliphatic carbocycles. The van der Waals surface area contributed by atoms with Gasteiger partial charge < -0.3 is 10.6 Å². The number of fused-ring (bicyclic) bond motifs is 1. The molecular formula is C25H20FN3O2. The Labute approximate surface area is 178 Å². The van der Waals surface area contributed by atoms with Gasteiger partial charge in [0.2, 0.25) is 0 Å². The number of amides is 2. The molecule has 6 heteroatoms. The first-order valence-electron chi connectivity index (χ1n) is 9.89. The van der Waals surface area contributed by atoms with Gasteiger partial charge in [0.05, 0.1) is 22.3 Å². The van der Waals surface area contributed by atoms with Crippen LogP contribution in [0.2, 0.25) is 0 Å². The Morgan fingerprint density at radius 3 is 2.10 bits per heavy atom. The van der Waals surface area contributed by atoms with Crippen LogP contribution in [0.4, 0.5) is 4.39 Å². The Hall–Kier alpha value is -4.06. The third-order valence-corrected chi connectivity index (χ3v) is 4.84. The van der Waals surface area contributed by atoms with Gasteiger partial charge in [-0.15, -0.1) is 0 Å². The molecule has 4 aromatic rings. The van der Waals surface area contributed by atoms with Crippen LogP contribution in [0.15, 0.2) is 84.9 Å². The summed E-state index contributed by atoms with van der Waals surface area (Å²) in [6.45, 7) is 0.379. The molecule has 0 saturated heterocycles. The van der Waals surface area contributed by atoms with Crippen molar-refractivity contribution in [2.24, 2.45) is 0 Å². The van der Waals surface area contributed by atoms with Gasteiger partial charge in [-0.25, -0.2) is 9.37 Å². The molecule has 154 valence electrons. The quantitative estimate of drug-likeness (QED) is 0.466. The lowest BCUT2D eigenvalue weighted by Crippen LogP contribution is -2.35. The number of para-hydroxylation sites is 1. The number of rotatable bonds is 6. The number of halogens is 1. The number of hydrogen-bond donors (Lipinski definition) is 2. The van der Waals surface area contributed by atoms with Crippen LogP contribution >= 0.6 is 0 Å². The summed E-state index contributed by atoms with van der Waals surface area (Å²) >= 11 is 0. The predicted octanol–water partition coefficient (Wildman–Crippen LogP) is 4.20. The summed E-state index contributed by atoms with van der Waals surface area (Å²) in [7, 11) is 0. The largest absolute Gasteiger partial charge is 0.350 e. The van der Waals surface area contributed by atoms with Crippen molar-refractivity contribution in [1.29, 1.82) is 0 Å². The number of benzene rings is 3. The van der Waals surface area contributed by atoms with Crippen LogP contribution in [-0.4, -0.2) is 29.9 Å². The summed E-state index contributed by atoms with van der Waals surface area (Å²) in [6, 6.07) is 24.6.